The Morgan fingerprint density at radius 3 is 3.00 bits per heavy atom. The lowest BCUT2D eigenvalue weighted by molar-refractivity contribution is -0.141. The lowest BCUT2D eigenvalue weighted by Crippen LogP contribution is -2.12. The molecule has 0 aliphatic heterocycles. The second-order valence-corrected chi connectivity index (χ2v) is 3.38. The van der Waals surface area contributed by atoms with Crippen LogP contribution in [0.25, 0.3) is 0 Å². The molecule has 15 heavy (non-hydrogen) atoms. The van der Waals surface area contributed by atoms with Gasteiger partial charge in [0.15, 0.2) is 0 Å². The molecular weight excluding hydrogens is 194 g/mol. The summed E-state index contributed by atoms with van der Waals surface area (Å²) in [6, 6.07) is 3.59. The second kappa shape index (κ2) is 5.34. The van der Waals surface area contributed by atoms with Crippen LogP contribution in [0.3, 0.4) is 0 Å². The Balaban J connectivity index is 2.68. The SMILES string of the molecule is CCOc1cc(CC(C)C(=O)O)ccn1. The number of aliphatic carboxylic acids is 1. The van der Waals surface area contributed by atoms with Gasteiger partial charge >= 0.3 is 5.97 Å². The van der Waals surface area contributed by atoms with Crippen molar-refractivity contribution in [2.75, 3.05) is 6.61 Å². The van der Waals surface area contributed by atoms with Crippen molar-refractivity contribution in [3.63, 3.8) is 0 Å². The minimum absolute atomic E-state index is 0.387. The molecule has 0 amide bonds. The summed E-state index contributed by atoms with van der Waals surface area (Å²) in [5.74, 6) is -0.626. The van der Waals surface area contributed by atoms with E-state index < -0.39 is 5.97 Å². The molecular formula is C11H15NO3. The van der Waals surface area contributed by atoms with E-state index in [4.69, 9.17) is 9.84 Å². The van der Waals surface area contributed by atoms with E-state index in [1.165, 1.54) is 0 Å². The monoisotopic (exact) mass is 209 g/mol. The molecule has 1 atom stereocenters. The summed E-state index contributed by atoms with van der Waals surface area (Å²) in [6.07, 6.45) is 2.13. The zero-order valence-electron chi connectivity index (χ0n) is 8.93. The summed E-state index contributed by atoms with van der Waals surface area (Å²) in [6.45, 7) is 4.13. The van der Waals surface area contributed by atoms with Gasteiger partial charge in [0.25, 0.3) is 0 Å². The van der Waals surface area contributed by atoms with Gasteiger partial charge in [-0.2, -0.15) is 0 Å². The van der Waals surface area contributed by atoms with E-state index in [2.05, 4.69) is 4.98 Å². The number of aromatic nitrogens is 1. The molecule has 0 aliphatic carbocycles. The quantitative estimate of drug-likeness (QED) is 0.802. The maximum absolute atomic E-state index is 10.7. The maximum Gasteiger partial charge on any atom is 0.306 e. The Morgan fingerprint density at radius 1 is 1.67 bits per heavy atom. The lowest BCUT2D eigenvalue weighted by Gasteiger charge is -2.07. The fourth-order valence-corrected chi connectivity index (χ4v) is 1.25. The third-order valence-corrected chi connectivity index (χ3v) is 2.05. The van der Waals surface area contributed by atoms with Crippen LogP contribution < -0.4 is 4.74 Å². The predicted octanol–water partition coefficient (Wildman–Crippen LogP) is 1.74. The van der Waals surface area contributed by atoms with Gasteiger partial charge in [-0.15, -0.1) is 0 Å². The summed E-state index contributed by atoms with van der Waals surface area (Å²) < 4.78 is 5.23. The molecule has 0 saturated carbocycles. The maximum atomic E-state index is 10.7. The number of carbonyl (C=O) groups is 1. The highest BCUT2D eigenvalue weighted by Crippen LogP contribution is 2.13. The number of hydrogen-bond donors (Lipinski definition) is 1. The van der Waals surface area contributed by atoms with E-state index in [0.29, 0.717) is 18.9 Å². The van der Waals surface area contributed by atoms with Crippen molar-refractivity contribution in [3.8, 4) is 5.88 Å². The van der Waals surface area contributed by atoms with E-state index in [1.807, 2.05) is 13.0 Å². The normalized spacial score (nSPS) is 12.1. The van der Waals surface area contributed by atoms with Gasteiger partial charge in [0.2, 0.25) is 5.88 Å². The number of carboxylic acids is 1. The molecule has 0 spiro atoms. The molecule has 4 heteroatoms. The van der Waals surface area contributed by atoms with Gasteiger partial charge in [-0.25, -0.2) is 4.98 Å². The number of carboxylic acid groups (broad SMARTS) is 1. The summed E-state index contributed by atoms with van der Waals surface area (Å²) in [5, 5.41) is 8.77. The van der Waals surface area contributed by atoms with Crippen molar-refractivity contribution in [1.82, 2.24) is 4.98 Å². The van der Waals surface area contributed by atoms with Crippen LogP contribution in [0, 0.1) is 5.92 Å². The van der Waals surface area contributed by atoms with E-state index in [-0.39, 0.29) is 5.92 Å². The van der Waals surface area contributed by atoms with E-state index >= 15 is 0 Å². The molecule has 1 heterocycles. The molecule has 0 bridgehead atoms. The number of rotatable bonds is 5. The summed E-state index contributed by atoms with van der Waals surface area (Å²) in [7, 11) is 0. The second-order valence-electron chi connectivity index (χ2n) is 3.38. The molecule has 4 nitrogen and oxygen atoms in total. The highest BCUT2D eigenvalue weighted by Gasteiger charge is 2.11. The smallest absolute Gasteiger partial charge is 0.306 e. The Kier molecular flexibility index (Phi) is 4.09. The van der Waals surface area contributed by atoms with Crippen molar-refractivity contribution >= 4 is 5.97 Å². The molecule has 1 N–H and O–H groups in total. The molecule has 0 saturated heterocycles. The Labute approximate surface area is 88.9 Å². The molecule has 82 valence electrons. The minimum atomic E-state index is -0.787. The average molecular weight is 209 g/mol. The predicted molar refractivity (Wildman–Crippen MR) is 55.9 cm³/mol. The van der Waals surface area contributed by atoms with Gasteiger partial charge < -0.3 is 9.84 Å². The third kappa shape index (κ3) is 3.58. The van der Waals surface area contributed by atoms with Crippen LogP contribution in [-0.2, 0) is 11.2 Å². The van der Waals surface area contributed by atoms with Crippen LogP contribution in [0.2, 0.25) is 0 Å². The molecule has 1 aromatic rings. The first kappa shape index (κ1) is 11.5. The molecule has 0 fully saturated rings. The van der Waals surface area contributed by atoms with Gasteiger partial charge in [-0.1, -0.05) is 6.92 Å². The van der Waals surface area contributed by atoms with E-state index in [0.717, 1.165) is 5.56 Å². The van der Waals surface area contributed by atoms with Gasteiger partial charge in [0.1, 0.15) is 0 Å². The first-order chi connectivity index (χ1) is 7.13. The van der Waals surface area contributed by atoms with Gasteiger partial charge in [-0.3, -0.25) is 4.79 Å². The number of pyridine rings is 1. The van der Waals surface area contributed by atoms with E-state index in [9.17, 15) is 4.79 Å². The molecule has 0 aliphatic rings. The van der Waals surface area contributed by atoms with Crippen molar-refractivity contribution in [3.05, 3.63) is 23.9 Å². The highest BCUT2D eigenvalue weighted by molar-refractivity contribution is 5.69. The fourth-order valence-electron chi connectivity index (χ4n) is 1.25. The number of hydrogen-bond acceptors (Lipinski definition) is 3. The van der Waals surface area contributed by atoms with Gasteiger partial charge in [0, 0.05) is 12.3 Å². The Bertz CT molecular complexity index is 338. The molecule has 0 radical (unpaired) electrons. The van der Waals surface area contributed by atoms with Crippen molar-refractivity contribution < 1.29 is 14.6 Å². The average Bonchev–Trinajstić information content (AvgIpc) is 2.18. The summed E-state index contributed by atoms with van der Waals surface area (Å²) in [5.41, 5.74) is 0.934. The van der Waals surface area contributed by atoms with E-state index in [1.54, 1.807) is 19.2 Å². The highest BCUT2D eigenvalue weighted by atomic mass is 16.5. The fraction of sp³-hybridized carbons (Fsp3) is 0.455. The lowest BCUT2D eigenvalue weighted by atomic mass is 10.0. The summed E-state index contributed by atoms with van der Waals surface area (Å²) in [4.78, 5) is 14.7. The molecule has 1 unspecified atom stereocenters. The van der Waals surface area contributed by atoms with Gasteiger partial charge in [-0.05, 0) is 25.0 Å². The largest absolute Gasteiger partial charge is 0.481 e. The Morgan fingerprint density at radius 2 is 2.40 bits per heavy atom. The van der Waals surface area contributed by atoms with Crippen LogP contribution >= 0.6 is 0 Å². The zero-order valence-corrected chi connectivity index (χ0v) is 8.93. The van der Waals surface area contributed by atoms with Crippen molar-refractivity contribution in [2.24, 2.45) is 5.92 Å². The molecule has 1 rings (SSSR count). The molecule has 1 aromatic heterocycles. The van der Waals surface area contributed by atoms with Crippen LogP contribution in [0.15, 0.2) is 18.3 Å². The standard InChI is InChI=1S/C11H15NO3/c1-3-15-10-7-9(4-5-12-10)6-8(2)11(13)14/h4-5,7-8H,3,6H2,1-2H3,(H,13,14). The van der Waals surface area contributed by atoms with Crippen molar-refractivity contribution in [1.29, 1.82) is 0 Å². The zero-order chi connectivity index (χ0) is 11.3. The summed E-state index contributed by atoms with van der Waals surface area (Å²) >= 11 is 0. The molecule has 0 aromatic carbocycles. The first-order valence-electron chi connectivity index (χ1n) is 4.94. The topological polar surface area (TPSA) is 59.4 Å². The third-order valence-electron chi connectivity index (χ3n) is 2.05. The minimum Gasteiger partial charge on any atom is -0.481 e. The van der Waals surface area contributed by atoms with Gasteiger partial charge in [0.05, 0.1) is 12.5 Å². The number of nitrogens with zero attached hydrogens (tertiary/aromatic N) is 1. The Hall–Kier alpha value is -1.58. The van der Waals surface area contributed by atoms with Crippen LogP contribution in [0.4, 0.5) is 0 Å². The van der Waals surface area contributed by atoms with Crippen LogP contribution in [0.1, 0.15) is 19.4 Å². The van der Waals surface area contributed by atoms with Crippen LogP contribution in [-0.4, -0.2) is 22.7 Å². The van der Waals surface area contributed by atoms with Crippen molar-refractivity contribution in [2.45, 2.75) is 20.3 Å². The van der Waals surface area contributed by atoms with Crippen LogP contribution in [0.5, 0.6) is 5.88 Å². The number of ether oxygens (including phenoxy) is 1. The first-order valence-corrected chi connectivity index (χ1v) is 4.94.